The second-order valence-electron chi connectivity index (χ2n) is 2.91. The molecule has 3 N–H and O–H groups in total. The van der Waals surface area contributed by atoms with Gasteiger partial charge in [0.05, 0.1) is 12.2 Å². The second-order valence-corrected chi connectivity index (χ2v) is 5.29. The van der Waals surface area contributed by atoms with Gasteiger partial charge in [-0.25, -0.2) is 13.3 Å². The minimum atomic E-state index is -2.75. The van der Waals surface area contributed by atoms with E-state index in [0.29, 0.717) is 0 Å². The van der Waals surface area contributed by atoms with Gasteiger partial charge in [-0.1, -0.05) is 6.92 Å². The van der Waals surface area contributed by atoms with Gasteiger partial charge in [-0.15, -0.1) is 0 Å². The van der Waals surface area contributed by atoms with Crippen LogP contribution in [0.1, 0.15) is 6.92 Å². The molecule has 0 aromatic heterocycles. The van der Waals surface area contributed by atoms with Gasteiger partial charge in [-0.05, 0) is 0 Å². The van der Waals surface area contributed by atoms with Crippen molar-refractivity contribution in [3.8, 4) is 0 Å². The van der Waals surface area contributed by atoms with Crippen molar-refractivity contribution in [3.63, 3.8) is 0 Å². The summed E-state index contributed by atoms with van der Waals surface area (Å²) in [6.45, 7) is 1.93. The van der Waals surface area contributed by atoms with Gasteiger partial charge < -0.3 is 10.2 Å². The van der Waals surface area contributed by atoms with Crippen LogP contribution in [-0.2, 0) is 9.92 Å². The predicted octanol–water partition coefficient (Wildman–Crippen LogP) is -0.995. The van der Waals surface area contributed by atoms with E-state index in [4.69, 9.17) is 15.0 Å². The van der Waals surface area contributed by atoms with Crippen molar-refractivity contribution in [2.24, 2.45) is 0 Å². The van der Waals surface area contributed by atoms with Crippen LogP contribution in [0.25, 0.3) is 0 Å². The van der Waals surface area contributed by atoms with Crippen molar-refractivity contribution in [1.29, 1.82) is 4.78 Å². The topological polar surface area (TPSA) is 84.6 Å². The smallest absolute Gasteiger partial charge is 0.107 e. The van der Waals surface area contributed by atoms with E-state index in [1.807, 2.05) is 0 Å². The number of β-amino-alcohol motifs (C(OH)–C–C–N with tert-alkyl or cyclic N) is 2. The number of rotatable bonds is 2. The van der Waals surface area contributed by atoms with Crippen molar-refractivity contribution in [2.75, 3.05) is 18.8 Å². The first-order valence-corrected chi connectivity index (χ1v) is 5.53. The highest BCUT2D eigenvalue weighted by Crippen LogP contribution is 2.14. The molecule has 0 aromatic carbocycles. The number of nitrogens with one attached hydrogen (secondary N) is 1. The fourth-order valence-corrected chi connectivity index (χ4v) is 2.31. The van der Waals surface area contributed by atoms with E-state index in [-0.39, 0.29) is 18.8 Å². The maximum absolute atomic E-state index is 11.4. The lowest BCUT2D eigenvalue weighted by molar-refractivity contribution is 0.0572. The summed E-state index contributed by atoms with van der Waals surface area (Å²) >= 11 is 0. The fraction of sp³-hybridized carbons (Fsp3) is 1.00. The molecular formula is C6H14N2O3S. The first kappa shape index (κ1) is 9.91. The predicted molar refractivity (Wildman–Crippen MR) is 45.0 cm³/mol. The number of hydrogen-bond acceptors (Lipinski definition) is 4. The van der Waals surface area contributed by atoms with Crippen molar-refractivity contribution in [1.82, 2.24) is 4.31 Å². The van der Waals surface area contributed by atoms with E-state index in [1.165, 1.54) is 4.31 Å². The molecule has 72 valence electrons. The summed E-state index contributed by atoms with van der Waals surface area (Å²) in [5.74, 6) is 0.229. The maximum Gasteiger partial charge on any atom is 0.107 e. The second kappa shape index (κ2) is 3.29. The van der Waals surface area contributed by atoms with Crippen LogP contribution in [0.3, 0.4) is 0 Å². The van der Waals surface area contributed by atoms with Crippen LogP contribution in [0.4, 0.5) is 0 Å². The molecule has 5 nitrogen and oxygen atoms in total. The molecule has 0 radical (unpaired) electrons. The van der Waals surface area contributed by atoms with Crippen LogP contribution in [0.2, 0.25) is 0 Å². The van der Waals surface area contributed by atoms with E-state index in [1.54, 1.807) is 6.92 Å². The molecule has 1 fully saturated rings. The van der Waals surface area contributed by atoms with Gasteiger partial charge in [0.15, 0.2) is 0 Å². The Kier molecular flexibility index (Phi) is 2.72. The quantitative estimate of drug-likeness (QED) is 0.527. The van der Waals surface area contributed by atoms with Gasteiger partial charge in [-0.2, -0.15) is 0 Å². The van der Waals surface area contributed by atoms with Crippen LogP contribution in [0.15, 0.2) is 0 Å². The largest absolute Gasteiger partial charge is 0.389 e. The Morgan fingerprint density at radius 3 is 2.25 bits per heavy atom. The third-order valence-corrected chi connectivity index (χ3v) is 3.95. The highest BCUT2D eigenvalue weighted by Gasteiger charge is 2.33. The van der Waals surface area contributed by atoms with Crippen LogP contribution in [0.5, 0.6) is 0 Å². The van der Waals surface area contributed by atoms with Crippen molar-refractivity contribution in [3.05, 3.63) is 0 Å². The third kappa shape index (κ3) is 1.77. The van der Waals surface area contributed by atoms with E-state index in [9.17, 15) is 4.21 Å². The highest BCUT2D eigenvalue weighted by molar-refractivity contribution is 7.90. The molecule has 3 unspecified atom stereocenters. The van der Waals surface area contributed by atoms with Crippen molar-refractivity contribution in [2.45, 2.75) is 19.1 Å². The fourth-order valence-electron chi connectivity index (χ4n) is 1.16. The Morgan fingerprint density at radius 2 is 1.92 bits per heavy atom. The molecule has 12 heavy (non-hydrogen) atoms. The van der Waals surface area contributed by atoms with Gasteiger partial charge >= 0.3 is 0 Å². The summed E-state index contributed by atoms with van der Waals surface area (Å²) in [5.41, 5.74) is 0. The standard InChI is InChI=1S/C6H14N2O3S/c1-2-12(7,11)8-3-5(9)6(10)4-8/h5-7,9-10H,2-4H2,1H3. The molecule has 1 heterocycles. The minimum Gasteiger partial charge on any atom is -0.389 e. The van der Waals surface area contributed by atoms with Crippen molar-refractivity contribution < 1.29 is 14.4 Å². The first-order valence-electron chi connectivity index (χ1n) is 3.85. The Morgan fingerprint density at radius 1 is 1.50 bits per heavy atom. The molecule has 0 aliphatic carbocycles. The Bertz CT molecular complexity index is 242. The number of aliphatic hydroxyl groups excluding tert-OH is 2. The van der Waals surface area contributed by atoms with Crippen LogP contribution >= 0.6 is 0 Å². The third-order valence-electron chi connectivity index (χ3n) is 2.03. The van der Waals surface area contributed by atoms with E-state index in [0.717, 1.165) is 0 Å². The highest BCUT2D eigenvalue weighted by atomic mass is 32.2. The summed E-state index contributed by atoms with van der Waals surface area (Å²) in [5, 5.41) is 18.3. The molecule has 6 heteroatoms. The molecule has 3 atom stereocenters. The lowest BCUT2D eigenvalue weighted by Crippen LogP contribution is -2.30. The number of hydrogen-bond donors (Lipinski definition) is 3. The van der Waals surface area contributed by atoms with Gasteiger partial charge in [0.1, 0.15) is 9.92 Å². The van der Waals surface area contributed by atoms with Crippen LogP contribution in [0, 0.1) is 4.78 Å². The molecule has 1 rings (SSSR count). The summed E-state index contributed by atoms with van der Waals surface area (Å²) in [4.78, 5) is 0. The SMILES string of the molecule is CCS(=N)(=O)N1CC(O)C(O)C1. The van der Waals surface area contributed by atoms with E-state index < -0.39 is 22.1 Å². The Balaban J connectivity index is 2.70. The first-order chi connectivity index (χ1) is 5.47. The zero-order valence-corrected chi connectivity index (χ0v) is 7.75. The molecule has 0 amide bonds. The number of nitrogens with zero attached hydrogens (tertiary/aromatic N) is 1. The molecule has 1 aliphatic rings. The minimum absolute atomic E-state index is 0.136. The zero-order valence-electron chi connectivity index (χ0n) is 6.93. The molecule has 0 bridgehead atoms. The van der Waals surface area contributed by atoms with Gasteiger partial charge in [0, 0.05) is 18.8 Å². The summed E-state index contributed by atoms with van der Waals surface area (Å²) in [7, 11) is -2.75. The monoisotopic (exact) mass is 194 g/mol. The normalized spacial score (nSPS) is 36.6. The average Bonchev–Trinajstić information content (AvgIpc) is 2.33. The summed E-state index contributed by atoms with van der Waals surface area (Å²) in [6.07, 6.45) is -1.72. The van der Waals surface area contributed by atoms with Crippen LogP contribution in [-0.4, -0.2) is 49.8 Å². The molecule has 1 aliphatic heterocycles. The summed E-state index contributed by atoms with van der Waals surface area (Å²) < 4.78 is 20.1. The Labute approximate surface area is 72.1 Å². The lowest BCUT2D eigenvalue weighted by Gasteiger charge is -2.16. The van der Waals surface area contributed by atoms with Crippen LogP contribution < -0.4 is 0 Å². The molecule has 0 spiro atoms. The lowest BCUT2D eigenvalue weighted by atomic mass is 10.3. The Hall–Kier alpha value is -0.170. The molecular weight excluding hydrogens is 180 g/mol. The zero-order chi connectivity index (χ0) is 9.35. The molecule has 0 aromatic rings. The average molecular weight is 194 g/mol. The van der Waals surface area contributed by atoms with Gasteiger partial charge in [0.25, 0.3) is 0 Å². The van der Waals surface area contributed by atoms with Gasteiger partial charge in [0.2, 0.25) is 0 Å². The van der Waals surface area contributed by atoms with E-state index >= 15 is 0 Å². The molecule has 0 saturated carbocycles. The molecule has 1 saturated heterocycles. The number of aliphatic hydroxyl groups is 2. The summed E-state index contributed by atoms with van der Waals surface area (Å²) in [6, 6.07) is 0. The maximum atomic E-state index is 11.4. The van der Waals surface area contributed by atoms with Gasteiger partial charge in [-0.3, -0.25) is 0 Å². The van der Waals surface area contributed by atoms with E-state index in [2.05, 4.69) is 0 Å². The van der Waals surface area contributed by atoms with Crippen molar-refractivity contribution >= 4 is 9.92 Å².